The fourth-order valence-electron chi connectivity index (χ4n) is 1.71. The highest BCUT2D eigenvalue weighted by molar-refractivity contribution is 6.17. The van der Waals surface area contributed by atoms with E-state index in [2.05, 4.69) is 10.3 Å². The number of hydrogen-bond acceptors (Lipinski definition) is 3. The first-order chi connectivity index (χ1) is 8.65. The number of hydrogen-bond donors (Lipinski definition) is 3. The summed E-state index contributed by atoms with van der Waals surface area (Å²) < 4.78 is 0. The first-order valence-corrected chi connectivity index (χ1v) is 5.34. The number of guanidine groups is 1. The van der Waals surface area contributed by atoms with Gasteiger partial charge in [0.1, 0.15) is 0 Å². The lowest BCUT2D eigenvalue weighted by molar-refractivity contribution is 0.251. The van der Waals surface area contributed by atoms with Crippen molar-refractivity contribution in [3.05, 3.63) is 36.5 Å². The van der Waals surface area contributed by atoms with Crippen molar-refractivity contribution in [3.63, 3.8) is 0 Å². The van der Waals surface area contributed by atoms with Crippen LogP contribution in [0.2, 0.25) is 0 Å². The van der Waals surface area contributed by atoms with Crippen LogP contribution in [0.25, 0.3) is 10.8 Å². The first-order valence-electron chi connectivity index (χ1n) is 5.34. The maximum atomic E-state index is 11.8. The zero-order valence-corrected chi connectivity index (χ0v) is 9.84. The van der Waals surface area contributed by atoms with E-state index in [4.69, 9.17) is 11.1 Å². The van der Waals surface area contributed by atoms with Gasteiger partial charge in [-0.1, -0.05) is 24.3 Å². The molecule has 4 N–H and O–H groups in total. The fraction of sp³-hybridized carbons (Fsp3) is 0.0833. The molecule has 18 heavy (non-hydrogen) atoms. The maximum Gasteiger partial charge on any atom is 0.329 e. The van der Waals surface area contributed by atoms with Crippen molar-refractivity contribution in [2.45, 2.75) is 0 Å². The van der Waals surface area contributed by atoms with Crippen LogP contribution in [0.15, 0.2) is 36.5 Å². The van der Waals surface area contributed by atoms with E-state index in [1.165, 1.54) is 7.05 Å². The maximum absolute atomic E-state index is 11.8. The van der Waals surface area contributed by atoms with E-state index in [0.29, 0.717) is 5.82 Å². The summed E-state index contributed by atoms with van der Waals surface area (Å²) in [4.78, 5) is 16.9. The Hall–Kier alpha value is -2.63. The Bertz CT molecular complexity index is 605. The van der Waals surface area contributed by atoms with Gasteiger partial charge in [-0.3, -0.25) is 5.41 Å². The van der Waals surface area contributed by atoms with E-state index in [9.17, 15) is 4.79 Å². The first kappa shape index (κ1) is 11.8. The third-order valence-electron chi connectivity index (χ3n) is 2.52. The summed E-state index contributed by atoms with van der Waals surface area (Å²) in [5.41, 5.74) is 5.44. The number of amides is 2. The molecule has 0 spiro atoms. The van der Waals surface area contributed by atoms with Crippen molar-refractivity contribution in [1.29, 1.82) is 5.41 Å². The van der Waals surface area contributed by atoms with E-state index < -0.39 is 6.03 Å². The van der Waals surface area contributed by atoms with Gasteiger partial charge in [0.2, 0.25) is 5.96 Å². The number of benzene rings is 1. The zero-order valence-electron chi connectivity index (χ0n) is 9.84. The number of rotatable bonds is 1. The summed E-state index contributed by atoms with van der Waals surface area (Å²) in [7, 11) is 1.48. The third-order valence-corrected chi connectivity index (χ3v) is 2.52. The van der Waals surface area contributed by atoms with Crippen LogP contribution in [0.5, 0.6) is 0 Å². The van der Waals surface area contributed by atoms with Gasteiger partial charge in [-0.15, -0.1) is 0 Å². The quantitative estimate of drug-likeness (QED) is 0.520. The number of nitrogens with two attached hydrogens (primary N) is 1. The van der Waals surface area contributed by atoms with Gasteiger partial charge in [0.25, 0.3) is 0 Å². The van der Waals surface area contributed by atoms with Crippen LogP contribution in [0.3, 0.4) is 0 Å². The van der Waals surface area contributed by atoms with Gasteiger partial charge in [-0.25, -0.2) is 14.7 Å². The average Bonchev–Trinajstić information content (AvgIpc) is 2.38. The Kier molecular flexibility index (Phi) is 3.09. The van der Waals surface area contributed by atoms with Gasteiger partial charge in [-0.05, 0) is 11.5 Å². The van der Waals surface area contributed by atoms with E-state index in [0.717, 1.165) is 15.7 Å². The molecule has 2 aromatic rings. The highest BCUT2D eigenvalue weighted by Gasteiger charge is 2.20. The molecule has 2 rings (SSSR count). The molecule has 1 aromatic carbocycles. The molecule has 0 aliphatic rings. The lowest BCUT2D eigenvalue weighted by atomic mass is 10.1. The molecule has 0 atom stereocenters. The molecule has 1 aromatic heterocycles. The van der Waals surface area contributed by atoms with E-state index >= 15 is 0 Å². The minimum absolute atomic E-state index is 0.347. The van der Waals surface area contributed by atoms with E-state index in [1.54, 1.807) is 6.20 Å². The molecular formula is C12H13N5O. The number of urea groups is 1. The van der Waals surface area contributed by atoms with Crippen molar-refractivity contribution < 1.29 is 4.79 Å². The van der Waals surface area contributed by atoms with Crippen LogP contribution >= 0.6 is 0 Å². The van der Waals surface area contributed by atoms with Crippen molar-refractivity contribution in [2.75, 3.05) is 11.9 Å². The highest BCUT2D eigenvalue weighted by atomic mass is 16.2. The summed E-state index contributed by atoms with van der Waals surface area (Å²) >= 11 is 0. The van der Waals surface area contributed by atoms with Crippen LogP contribution in [-0.2, 0) is 0 Å². The van der Waals surface area contributed by atoms with Crippen LogP contribution in [0.4, 0.5) is 10.6 Å². The SMILES string of the molecule is CNC(=O)N(C(=N)N)c1nccc2ccccc12. The molecule has 0 saturated heterocycles. The fourth-order valence-corrected chi connectivity index (χ4v) is 1.71. The summed E-state index contributed by atoms with van der Waals surface area (Å²) in [6.07, 6.45) is 1.58. The number of pyridine rings is 1. The van der Waals surface area contributed by atoms with E-state index in [-0.39, 0.29) is 5.96 Å². The standard InChI is InChI=1S/C12H13N5O/c1-15-12(18)17(11(13)14)10-9-5-3-2-4-8(9)6-7-16-10/h2-7H,1H3,(H3,13,14)(H,15,18). The molecule has 0 radical (unpaired) electrons. The van der Waals surface area contributed by atoms with Crippen LogP contribution in [0, 0.1) is 5.41 Å². The smallest absolute Gasteiger partial charge is 0.329 e. The number of nitrogens with zero attached hydrogens (tertiary/aromatic N) is 2. The largest absolute Gasteiger partial charge is 0.369 e. The highest BCUT2D eigenvalue weighted by Crippen LogP contribution is 2.23. The molecule has 0 saturated carbocycles. The number of nitrogens with one attached hydrogen (secondary N) is 2. The lowest BCUT2D eigenvalue weighted by Crippen LogP contribution is -2.46. The minimum Gasteiger partial charge on any atom is -0.369 e. The Balaban J connectivity index is 2.64. The zero-order chi connectivity index (χ0) is 13.1. The molecule has 0 fully saturated rings. The Morgan fingerprint density at radius 3 is 2.78 bits per heavy atom. The summed E-state index contributed by atoms with van der Waals surface area (Å²) in [5.74, 6) is -0.0295. The molecule has 6 heteroatoms. The predicted molar refractivity (Wildman–Crippen MR) is 70.6 cm³/mol. The third kappa shape index (κ3) is 1.95. The van der Waals surface area contributed by atoms with E-state index in [1.807, 2.05) is 30.3 Å². The minimum atomic E-state index is -0.494. The Labute approximate surface area is 104 Å². The monoisotopic (exact) mass is 243 g/mol. The van der Waals surface area contributed by atoms with Crippen molar-refractivity contribution >= 4 is 28.6 Å². The van der Waals surface area contributed by atoms with Crippen LogP contribution in [0.1, 0.15) is 0 Å². The van der Waals surface area contributed by atoms with Gasteiger partial charge in [0.05, 0.1) is 0 Å². The Morgan fingerprint density at radius 1 is 1.39 bits per heavy atom. The molecule has 6 nitrogen and oxygen atoms in total. The van der Waals surface area contributed by atoms with Gasteiger partial charge < -0.3 is 11.1 Å². The molecule has 0 bridgehead atoms. The average molecular weight is 243 g/mol. The van der Waals surface area contributed by atoms with Crippen molar-refractivity contribution in [3.8, 4) is 0 Å². The number of carbonyl (C=O) groups excluding carboxylic acids is 1. The molecular weight excluding hydrogens is 230 g/mol. The van der Waals surface area contributed by atoms with Crippen LogP contribution in [-0.4, -0.2) is 24.0 Å². The lowest BCUT2D eigenvalue weighted by Gasteiger charge is -2.20. The van der Waals surface area contributed by atoms with Crippen molar-refractivity contribution in [2.24, 2.45) is 5.73 Å². The summed E-state index contributed by atoms with van der Waals surface area (Å²) in [6, 6.07) is 8.81. The van der Waals surface area contributed by atoms with Gasteiger partial charge in [-0.2, -0.15) is 0 Å². The molecule has 0 aliphatic carbocycles. The number of fused-ring (bicyclic) bond motifs is 1. The second-order valence-corrected chi connectivity index (χ2v) is 3.63. The second-order valence-electron chi connectivity index (χ2n) is 3.63. The molecule has 92 valence electrons. The topological polar surface area (TPSA) is 95.1 Å². The van der Waals surface area contributed by atoms with Gasteiger partial charge in [0.15, 0.2) is 5.82 Å². The van der Waals surface area contributed by atoms with Gasteiger partial charge >= 0.3 is 6.03 Å². The summed E-state index contributed by atoms with van der Waals surface area (Å²) in [6.45, 7) is 0. The molecule has 0 unspecified atom stereocenters. The second kappa shape index (κ2) is 4.70. The number of carbonyl (C=O) groups is 1. The molecule has 0 aliphatic heterocycles. The predicted octanol–water partition coefficient (Wildman–Crippen LogP) is 1.27. The number of anilines is 1. The van der Waals surface area contributed by atoms with Gasteiger partial charge in [0, 0.05) is 18.6 Å². The molecule has 1 heterocycles. The summed E-state index contributed by atoms with van der Waals surface area (Å²) in [5, 5.41) is 11.6. The van der Waals surface area contributed by atoms with Crippen molar-refractivity contribution in [1.82, 2.24) is 10.3 Å². The molecule has 2 amide bonds. The normalized spacial score (nSPS) is 10.1. The number of aromatic nitrogens is 1. The van der Waals surface area contributed by atoms with Crippen LogP contribution < -0.4 is 16.0 Å². The Morgan fingerprint density at radius 2 is 2.11 bits per heavy atom.